The Morgan fingerprint density at radius 1 is 0.891 bits per heavy atom. The van der Waals surface area contributed by atoms with E-state index in [1.54, 1.807) is 54.6 Å². The summed E-state index contributed by atoms with van der Waals surface area (Å²) < 4.78 is 9.86. The number of benzene rings is 3. The van der Waals surface area contributed by atoms with E-state index in [1.807, 2.05) is 6.07 Å². The zero-order valence-electron chi connectivity index (χ0n) is 24.8. The number of carbonyl (C=O) groups excluding carboxylic acids is 5. The third kappa shape index (κ3) is 10.2. The van der Waals surface area contributed by atoms with Crippen LogP contribution in [-0.4, -0.2) is 65.0 Å². The molecule has 0 saturated heterocycles. The maximum Gasteiger partial charge on any atom is 0.413 e. The number of aliphatic carboxylic acids is 1. The van der Waals surface area contributed by atoms with Gasteiger partial charge < -0.3 is 25.2 Å². The molecule has 5 amide bonds. The van der Waals surface area contributed by atoms with Gasteiger partial charge in [0.05, 0.1) is 13.5 Å². The lowest BCUT2D eigenvalue weighted by Gasteiger charge is -2.30. The van der Waals surface area contributed by atoms with Crippen molar-refractivity contribution in [3.63, 3.8) is 0 Å². The Kier molecular flexibility index (Phi) is 12.3. The predicted molar refractivity (Wildman–Crippen MR) is 163 cm³/mol. The van der Waals surface area contributed by atoms with Crippen LogP contribution in [0.4, 0.5) is 15.3 Å². The van der Waals surface area contributed by atoms with Gasteiger partial charge in [-0.25, -0.2) is 24.8 Å². The van der Waals surface area contributed by atoms with E-state index < -0.39 is 54.4 Å². The fourth-order valence-corrected chi connectivity index (χ4v) is 4.04. The Morgan fingerprint density at radius 3 is 2.07 bits per heavy atom. The van der Waals surface area contributed by atoms with Gasteiger partial charge in [-0.15, -0.1) is 0 Å². The van der Waals surface area contributed by atoms with Crippen LogP contribution in [0.2, 0.25) is 0 Å². The largest absolute Gasteiger partial charge is 0.481 e. The smallest absolute Gasteiger partial charge is 0.413 e. The summed E-state index contributed by atoms with van der Waals surface area (Å²) in [5, 5.41) is 25.2. The van der Waals surface area contributed by atoms with Crippen LogP contribution >= 0.6 is 0 Å². The van der Waals surface area contributed by atoms with Crippen molar-refractivity contribution in [2.24, 2.45) is 0 Å². The van der Waals surface area contributed by atoms with E-state index in [0.717, 1.165) is 19.6 Å². The van der Waals surface area contributed by atoms with E-state index in [9.17, 15) is 33.9 Å². The first-order valence-electron chi connectivity index (χ1n) is 13.7. The van der Waals surface area contributed by atoms with Crippen molar-refractivity contribution in [1.82, 2.24) is 21.1 Å². The highest BCUT2D eigenvalue weighted by Gasteiger charge is 2.35. The van der Waals surface area contributed by atoms with Crippen LogP contribution in [0.15, 0.2) is 84.9 Å². The van der Waals surface area contributed by atoms with Crippen molar-refractivity contribution in [2.75, 3.05) is 12.4 Å². The summed E-state index contributed by atoms with van der Waals surface area (Å²) >= 11 is 0. The maximum atomic E-state index is 13.3. The van der Waals surface area contributed by atoms with Crippen molar-refractivity contribution in [3.8, 4) is 0 Å². The van der Waals surface area contributed by atoms with E-state index in [-0.39, 0.29) is 23.7 Å². The summed E-state index contributed by atoms with van der Waals surface area (Å²) in [6.45, 7) is 1.03. The van der Waals surface area contributed by atoms with Crippen molar-refractivity contribution >= 4 is 47.4 Å². The van der Waals surface area contributed by atoms with Gasteiger partial charge in [0.1, 0.15) is 18.5 Å². The van der Waals surface area contributed by atoms with E-state index >= 15 is 0 Å². The maximum absolute atomic E-state index is 13.3. The summed E-state index contributed by atoms with van der Waals surface area (Å²) in [6, 6.07) is 18.6. The number of urea groups is 1. The molecule has 0 saturated carbocycles. The first-order chi connectivity index (χ1) is 22.0. The second-order valence-corrected chi connectivity index (χ2v) is 9.58. The number of ether oxygens (including phenoxy) is 2. The minimum Gasteiger partial charge on any atom is -0.481 e. The number of methoxy groups -OCH3 is 1. The van der Waals surface area contributed by atoms with E-state index in [2.05, 4.69) is 21.4 Å². The number of carboxylic acids is 1. The number of esters is 1. The van der Waals surface area contributed by atoms with Gasteiger partial charge in [0.15, 0.2) is 6.04 Å². The average Bonchev–Trinajstić information content (AvgIpc) is 3.04. The van der Waals surface area contributed by atoms with Crippen LogP contribution in [0.25, 0.3) is 0 Å². The number of anilines is 1. The molecule has 0 aliphatic carbocycles. The van der Waals surface area contributed by atoms with Gasteiger partial charge in [0.2, 0.25) is 11.8 Å². The summed E-state index contributed by atoms with van der Waals surface area (Å²) in [5.74, 6) is -4.49. The van der Waals surface area contributed by atoms with Crippen LogP contribution in [0.3, 0.4) is 0 Å². The molecule has 0 aromatic heterocycles. The number of carbonyl (C=O) groups is 6. The molecule has 3 aromatic carbocycles. The van der Waals surface area contributed by atoms with E-state index in [0.29, 0.717) is 10.6 Å². The fourth-order valence-electron chi connectivity index (χ4n) is 4.04. The van der Waals surface area contributed by atoms with Crippen LogP contribution in [-0.2, 0) is 35.3 Å². The molecule has 3 rings (SSSR count). The molecule has 0 aliphatic rings. The minimum absolute atomic E-state index is 0.0169. The van der Waals surface area contributed by atoms with Crippen molar-refractivity contribution in [1.29, 1.82) is 5.41 Å². The number of amides is 5. The highest BCUT2D eigenvalue weighted by molar-refractivity contribution is 6.05. The second-order valence-electron chi connectivity index (χ2n) is 9.58. The Bertz CT molecular complexity index is 1570. The third-order valence-corrected chi connectivity index (χ3v) is 6.27. The topological polar surface area (TPSA) is 216 Å². The summed E-state index contributed by atoms with van der Waals surface area (Å²) in [7, 11) is 1.11. The van der Waals surface area contributed by atoms with Gasteiger partial charge in [0, 0.05) is 18.2 Å². The van der Waals surface area contributed by atoms with Gasteiger partial charge in [-0.2, -0.15) is 0 Å². The molecule has 0 fully saturated rings. The van der Waals surface area contributed by atoms with Gasteiger partial charge in [-0.1, -0.05) is 60.7 Å². The Labute approximate surface area is 263 Å². The first-order valence-corrected chi connectivity index (χ1v) is 13.7. The highest BCUT2D eigenvalue weighted by Crippen LogP contribution is 2.16. The van der Waals surface area contributed by atoms with E-state index in [1.165, 1.54) is 24.3 Å². The zero-order chi connectivity index (χ0) is 33.6. The molecule has 0 bridgehead atoms. The molecule has 15 nitrogen and oxygen atoms in total. The van der Waals surface area contributed by atoms with Crippen LogP contribution < -0.4 is 21.4 Å². The molecule has 0 unspecified atom stereocenters. The van der Waals surface area contributed by atoms with Gasteiger partial charge in [-0.3, -0.25) is 25.1 Å². The number of carboxylic acid groups (broad SMARTS) is 1. The van der Waals surface area contributed by atoms with Gasteiger partial charge in [-0.05, 0) is 35.4 Å². The van der Waals surface area contributed by atoms with Crippen LogP contribution in [0, 0.1) is 5.41 Å². The number of nitrogens with zero attached hydrogens (tertiary/aromatic N) is 1. The van der Waals surface area contributed by atoms with Crippen molar-refractivity contribution in [2.45, 2.75) is 32.0 Å². The number of nitrogens with one attached hydrogen (secondary N) is 5. The molecule has 240 valence electrons. The molecule has 0 aliphatic heterocycles. The molecule has 0 heterocycles. The lowest BCUT2D eigenvalue weighted by molar-refractivity contribution is -0.150. The van der Waals surface area contributed by atoms with E-state index in [4.69, 9.17) is 14.9 Å². The van der Waals surface area contributed by atoms with Crippen molar-refractivity contribution in [3.05, 3.63) is 102 Å². The van der Waals surface area contributed by atoms with Gasteiger partial charge in [0.25, 0.3) is 0 Å². The molecular weight excluding hydrogens is 600 g/mol. The summed E-state index contributed by atoms with van der Waals surface area (Å²) in [5.41, 5.74) is 3.76. The minimum atomic E-state index is -1.76. The number of alkyl carbamates (subject to hydrolysis) is 1. The standard InChI is InChI=1S/C31H32N6O9/c1-19(38)37(24(17-25(39)40)28(41)34-26(29(42)45-2)21-11-7-4-8-12-21)36-30(43)33-23-15-13-22(14-16-23)27(32)35-31(44)46-18-20-9-5-3-6-10-20/h3-16,24,26H,17-18H2,1-2H3,(H,34,41)(H,39,40)(H2,32,35,44)(H2,33,36,43)/t24-,26-/m0/s1. The Morgan fingerprint density at radius 2 is 1.50 bits per heavy atom. The predicted octanol–water partition coefficient (Wildman–Crippen LogP) is 2.70. The number of amidine groups is 1. The number of hydrogen-bond donors (Lipinski definition) is 6. The quantitative estimate of drug-likeness (QED) is 0.0792. The molecule has 0 spiro atoms. The monoisotopic (exact) mass is 632 g/mol. The molecule has 15 heteroatoms. The molecule has 2 atom stereocenters. The first kappa shape index (κ1) is 34.2. The molecule has 46 heavy (non-hydrogen) atoms. The van der Waals surface area contributed by atoms with Gasteiger partial charge >= 0.3 is 24.1 Å². The normalized spacial score (nSPS) is 11.5. The lowest BCUT2D eigenvalue weighted by atomic mass is 10.1. The van der Waals surface area contributed by atoms with Crippen LogP contribution in [0.5, 0.6) is 0 Å². The highest BCUT2D eigenvalue weighted by atomic mass is 16.5. The summed E-state index contributed by atoms with van der Waals surface area (Å²) in [6.07, 6.45) is -1.74. The molecule has 0 radical (unpaired) electrons. The molecule has 3 aromatic rings. The number of hydrazine groups is 1. The fraction of sp³-hybridized carbons (Fsp3) is 0.194. The Hall–Kier alpha value is -6.25. The molecule has 6 N–H and O–H groups in total. The molecular formula is C31H32N6O9. The SMILES string of the molecule is COC(=O)[C@@H](NC(=O)[C@H](CC(=O)O)N(NC(=O)Nc1ccc(C(=N)NC(=O)OCc2ccccc2)cc1)C(C)=O)c1ccccc1. The second kappa shape index (κ2) is 16.6. The third-order valence-electron chi connectivity index (χ3n) is 6.27. The van der Waals surface area contributed by atoms with Crippen molar-refractivity contribution < 1.29 is 43.3 Å². The Balaban J connectivity index is 1.65. The lowest BCUT2D eigenvalue weighted by Crippen LogP contribution is -2.58. The zero-order valence-corrected chi connectivity index (χ0v) is 24.8. The average molecular weight is 633 g/mol. The summed E-state index contributed by atoms with van der Waals surface area (Å²) in [4.78, 5) is 74.7. The number of hydrogen-bond acceptors (Lipinski definition) is 9. The van der Waals surface area contributed by atoms with Crippen LogP contribution in [0.1, 0.15) is 36.1 Å². The number of rotatable bonds is 11.